The number of piperidine rings is 1. The zero-order valence-corrected chi connectivity index (χ0v) is 10.0. The van der Waals surface area contributed by atoms with Crippen molar-refractivity contribution >= 4 is 27.1 Å². The van der Waals surface area contributed by atoms with Gasteiger partial charge in [-0.15, -0.1) is 11.3 Å². The molecule has 3 heteroatoms. The fourth-order valence-corrected chi connectivity index (χ4v) is 3.03. The molecule has 3 rings (SSSR count). The van der Waals surface area contributed by atoms with Crippen LogP contribution in [-0.2, 0) is 0 Å². The molecule has 0 radical (unpaired) electrons. The second-order valence-corrected chi connectivity index (χ2v) is 5.29. The molecule has 0 amide bonds. The highest BCUT2D eigenvalue weighted by Gasteiger charge is 2.12. The van der Waals surface area contributed by atoms with Crippen LogP contribution in [0, 0.1) is 0 Å². The number of hydrogen-bond donors (Lipinski definition) is 2. The molecule has 84 valence electrons. The molecular formula is C13H16N2S. The fourth-order valence-electron chi connectivity index (χ4n) is 2.26. The first kappa shape index (κ1) is 10.1. The molecule has 1 aliphatic heterocycles. The molecule has 1 aromatic heterocycles. The predicted octanol–water partition coefficient (Wildman–Crippen LogP) is 3.07. The Morgan fingerprint density at radius 1 is 1.19 bits per heavy atom. The molecule has 1 aliphatic rings. The molecule has 0 saturated carbocycles. The van der Waals surface area contributed by atoms with Crippen LogP contribution in [0.2, 0.25) is 0 Å². The van der Waals surface area contributed by atoms with E-state index in [2.05, 4.69) is 40.3 Å². The highest BCUT2D eigenvalue weighted by atomic mass is 32.1. The second-order valence-electron chi connectivity index (χ2n) is 4.34. The van der Waals surface area contributed by atoms with E-state index in [-0.39, 0.29) is 0 Å². The molecule has 0 unspecified atom stereocenters. The van der Waals surface area contributed by atoms with Crippen molar-refractivity contribution in [1.29, 1.82) is 0 Å². The van der Waals surface area contributed by atoms with Gasteiger partial charge in [0.05, 0.1) is 0 Å². The van der Waals surface area contributed by atoms with Gasteiger partial charge < -0.3 is 10.6 Å². The Morgan fingerprint density at radius 2 is 2.06 bits per heavy atom. The number of thiophene rings is 1. The Morgan fingerprint density at radius 3 is 2.94 bits per heavy atom. The summed E-state index contributed by atoms with van der Waals surface area (Å²) >= 11 is 1.80. The average Bonchev–Trinajstić information content (AvgIpc) is 2.77. The van der Waals surface area contributed by atoms with Gasteiger partial charge in [-0.05, 0) is 61.0 Å². The van der Waals surface area contributed by atoms with Gasteiger partial charge in [-0.2, -0.15) is 0 Å². The number of rotatable bonds is 2. The van der Waals surface area contributed by atoms with E-state index in [0.29, 0.717) is 6.04 Å². The minimum Gasteiger partial charge on any atom is -0.382 e. The lowest BCUT2D eigenvalue weighted by Gasteiger charge is -2.24. The molecule has 0 bridgehead atoms. The summed E-state index contributed by atoms with van der Waals surface area (Å²) in [6.45, 7) is 2.27. The monoisotopic (exact) mass is 232 g/mol. The van der Waals surface area contributed by atoms with Crippen LogP contribution < -0.4 is 10.6 Å². The Bertz CT molecular complexity index is 471. The Labute approximate surface area is 99.7 Å². The number of benzene rings is 1. The second kappa shape index (κ2) is 4.44. The quantitative estimate of drug-likeness (QED) is 0.831. The molecular weight excluding hydrogens is 216 g/mol. The van der Waals surface area contributed by atoms with Crippen molar-refractivity contribution < 1.29 is 0 Å². The number of anilines is 1. The molecule has 1 saturated heterocycles. The molecule has 0 spiro atoms. The first-order valence-corrected chi connectivity index (χ1v) is 6.74. The molecule has 2 aromatic rings. The van der Waals surface area contributed by atoms with Gasteiger partial charge in [0, 0.05) is 16.4 Å². The van der Waals surface area contributed by atoms with Gasteiger partial charge in [0.2, 0.25) is 0 Å². The van der Waals surface area contributed by atoms with Gasteiger partial charge >= 0.3 is 0 Å². The predicted molar refractivity (Wildman–Crippen MR) is 71.3 cm³/mol. The van der Waals surface area contributed by atoms with Crippen molar-refractivity contribution in [3.63, 3.8) is 0 Å². The lowest BCUT2D eigenvalue weighted by molar-refractivity contribution is 0.479. The van der Waals surface area contributed by atoms with Gasteiger partial charge in [0.1, 0.15) is 0 Å². The zero-order chi connectivity index (χ0) is 10.8. The molecule has 16 heavy (non-hydrogen) atoms. The van der Waals surface area contributed by atoms with Crippen LogP contribution in [0.4, 0.5) is 5.69 Å². The third-order valence-electron chi connectivity index (χ3n) is 3.16. The maximum atomic E-state index is 3.63. The highest BCUT2D eigenvalue weighted by molar-refractivity contribution is 7.17. The highest BCUT2D eigenvalue weighted by Crippen LogP contribution is 2.25. The van der Waals surface area contributed by atoms with E-state index in [9.17, 15) is 0 Å². The van der Waals surface area contributed by atoms with Crippen LogP contribution in [0.3, 0.4) is 0 Å². The summed E-state index contributed by atoms with van der Waals surface area (Å²) < 4.78 is 1.37. The summed E-state index contributed by atoms with van der Waals surface area (Å²) in [4.78, 5) is 0. The topological polar surface area (TPSA) is 24.1 Å². The van der Waals surface area contributed by atoms with Crippen LogP contribution in [-0.4, -0.2) is 19.1 Å². The third kappa shape index (κ3) is 2.06. The van der Waals surface area contributed by atoms with Crippen molar-refractivity contribution in [3.8, 4) is 0 Å². The standard InChI is InChI=1S/C13H16N2S/c1-2-13-10(5-8-16-13)9-12(1)15-11-3-6-14-7-4-11/h1-2,5,8-9,11,14-15H,3-4,6-7H2. The fraction of sp³-hybridized carbons (Fsp3) is 0.385. The lowest BCUT2D eigenvalue weighted by Crippen LogP contribution is -2.35. The summed E-state index contributed by atoms with van der Waals surface area (Å²) in [6, 6.07) is 9.49. The van der Waals surface area contributed by atoms with Gasteiger partial charge in [-0.3, -0.25) is 0 Å². The maximum absolute atomic E-state index is 3.63. The molecule has 2 heterocycles. The van der Waals surface area contributed by atoms with Crippen molar-refractivity contribution in [2.45, 2.75) is 18.9 Å². The molecule has 2 nitrogen and oxygen atoms in total. The summed E-state index contributed by atoms with van der Waals surface area (Å²) in [6.07, 6.45) is 2.45. The molecule has 0 aliphatic carbocycles. The Kier molecular flexibility index (Phi) is 2.80. The largest absolute Gasteiger partial charge is 0.382 e. The van der Waals surface area contributed by atoms with Crippen molar-refractivity contribution in [1.82, 2.24) is 5.32 Å². The SMILES string of the molecule is c1cc2cc(NC3CCNCC3)ccc2s1. The number of nitrogens with one attached hydrogen (secondary N) is 2. The summed E-state index contributed by atoms with van der Waals surface area (Å²) in [5.74, 6) is 0. The maximum Gasteiger partial charge on any atom is 0.0349 e. The van der Waals surface area contributed by atoms with E-state index in [4.69, 9.17) is 0 Å². The minimum atomic E-state index is 0.636. The molecule has 0 atom stereocenters. The number of fused-ring (bicyclic) bond motifs is 1. The average molecular weight is 232 g/mol. The van der Waals surface area contributed by atoms with Gasteiger partial charge in [0.15, 0.2) is 0 Å². The van der Waals surface area contributed by atoms with E-state index in [1.165, 1.54) is 28.6 Å². The summed E-state index contributed by atoms with van der Waals surface area (Å²) in [5.41, 5.74) is 1.26. The van der Waals surface area contributed by atoms with Gasteiger partial charge in [-0.1, -0.05) is 0 Å². The van der Waals surface area contributed by atoms with Crippen LogP contribution in [0.1, 0.15) is 12.8 Å². The summed E-state index contributed by atoms with van der Waals surface area (Å²) in [7, 11) is 0. The molecule has 2 N–H and O–H groups in total. The molecule has 1 fully saturated rings. The minimum absolute atomic E-state index is 0.636. The number of hydrogen-bond acceptors (Lipinski definition) is 3. The third-order valence-corrected chi connectivity index (χ3v) is 4.06. The van der Waals surface area contributed by atoms with E-state index in [1.807, 2.05) is 0 Å². The Balaban J connectivity index is 1.77. The smallest absolute Gasteiger partial charge is 0.0349 e. The molecule has 1 aromatic carbocycles. The zero-order valence-electron chi connectivity index (χ0n) is 9.20. The first-order valence-electron chi connectivity index (χ1n) is 5.86. The van der Waals surface area contributed by atoms with E-state index >= 15 is 0 Å². The normalized spacial score (nSPS) is 17.8. The van der Waals surface area contributed by atoms with Crippen molar-refractivity contribution in [2.24, 2.45) is 0 Å². The summed E-state index contributed by atoms with van der Waals surface area (Å²) in [5, 5.41) is 10.5. The van der Waals surface area contributed by atoms with Crippen molar-refractivity contribution in [3.05, 3.63) is 29.6 Å². The van der Waals surface area contributed by atoms with Crippen LogP contribution in [0.15, 0.2) is 29.6 Å². The van der Waals surface area contributed by atoms with Crippen LogP contribution in [0.5, 0.6) is 0 Å². The van der Waals surface area contributed by atoms with Crippen LogP contribution in [0.25, 0.3) is 10.1 Å². The Hall–Kier alpha value is -1.06. The van der Waals surface area contributed by atoms with Gasteiger partial charge in [0.25, 0.3) is 0 Å². The van der Waals surface area contributed by atoms with Gasteiger partial charge in [-0.25, -0.2) is 0 Å². The van der Waals surface area contributed by atoms with E-state index < -0.39 is 0 Å². The van der Waals surface area contributed by atoms with E-state index in [0.717, 1.165) is 13.1 Å². The van der Waals surface area contributed by atoms with Crippen molar-refractivity contribution in [2.75, 3.05) is 18.4 Å². The lowest BCUT2D eigenvalue weighted by atomic mass is 10.1. The van der Waals surface area contributed by atoms with Crippen LogP contribution >= 0.6 is 11.3 Å². The first-order chi connectivity index (χ1) is 7.92. The van der Waals surface area contributed by atoms with E-state index in [1.54, 1.807) is 11.3 Å².